The third-order valence-corrected chi connectivity index (χ3v) is 1.62. The van der Waals surface area contributed by atoms with E-state index in [1.807, 2.05) is 19.0 Å². The second-order valence-corrected chi connectivity index (χ2v) is 3.70. The number of hydrogen-bond donors (Lipinski definition) is 0. The Kier molecular flexibility index (Phi) is 14.9. The van der Waals surface area contributed by atoms with Crippen molar-refractivity contribution in [1.29, 1.82) is 0 Å². The Bertz CT molecular complexity index is 297. The van der Waals surface area contributed by atoms with Crippen molar-refractivity contribution in [2.45, 2.75) is 0 Å². The third kappa shape index (κ3) is 14.3. The van der Waals surface area contributed by atoms with Crippen molar-refractivity contribution in [1.82, 2.24) is 4.90 Å². The van der Waals surface area contributed by atoms with Gasteiger partial charge in [-0.15, -0.1) is 0 Å². The fourth-order valence-corrected chi connectivity index (χ4v) is 1.01. The second kappa shape index (κ2) is 14.4. The van der Waals surface area contributed by atoms with Crippen LogP contribution in [0.15, 0.2) is 23.6 Å². The molecule has 0 saturated heterocycles. The lowest BCUT2D eigenvalue weighted by molar-refractivity contribution is -0.106. The van der Waals surface area contributed by atoms with Crippen LogP contribution in [0.25, 0.3) is 0 Å². The van der Waals surface area contributed by atoms with Crippen molar-refractivity contribution in [3.63, 3.8) is 0 Å². The Morgan fingerprint density at radius 2 is 1.42 bits per heavy atom. The summed E-state index contributed by atoms with van der Waals surface area (Å²) in [4.78, 5) is 22.1. The van der Waals surface area contributed by atoms with E-state index in [0.717, 1.165) is 6.29 Å². The number of rotatable bonds is 8. The lowest BCUT2D eigenvalue weighted by Crippen LogP contribution is -2.06. The maximum absolute atomic E-state index is 10.3. The van der Waals surface area contributed by atoms with Crippen LogP contribution in [0.2, 0.25) is 0 Å². The third-order valence-electron chi connectivity index (χ3n) is 1.62. The van der Waals surface area contributed by atoms with Gasteiger partial charge in [-0.2, -0.15) is 0 Å². The zero-order valence-corrected chi connectivity index (χ0v) is 12.2. The fraction of sp³-hybridized carbons (Fsp3) is 0.538. The number of ether oxygens (including phenoxy) is 3. The maximum atomic E-state index is 10.3. The Morgan fingerprint density at radius 1 is 0.947 bits per heavy atom. The number of carbonyl (C=O) groups excluding carboxylic acids is 2. The van der Waals surface area contributed by atoms with Gasteiger partial charge in [0.15, 0.2) is 6.29 Å². The summed E-state index contributed by atoms with van der Waals surface area (Å²) >= 11 is 0. The van der Waals surface area contributed by atoms with Crippen molar-refractivity contribution in [2.75, 3.05) is 48.6 Å². The van der Waals surface area contributed by atoms with Gasteiger partial charge in [0.05, 0.1) is 32.2 Å². The van der Waals surface area contributed by atoms with Gasteiger partial charge in [0, 0.05) is 40.1 Å². The van der Waals surface area contributed by atoms with Crippen molar-refractivity contribution in [2.24, 2.45) is 0 Å². The van der Waals surface area contributed by atoms with E-state index in [4.69, 9.17) is 4.74 Å². The molecule has 0 radical (unpaired) electrons. The average Bonchev–Trinajstić information content (AvgIpc) is 2.38. The highest BCUT2D eigenvalue weighted by Crippen LogP contribution is 1.90. The van der Waals surface area contributed by atoms with E-state index in [-0.39, 0.29) is 0 Å². The zero-order chi connectivity index (χ0) is 15.1. The molecule has 0 unspecified atom stereocenters. The summed E-state index contributed by atoms with van der Waals surface area (Å²) in [5.74, 6) is 0. The Morgan fingerprint density at radius 3 is 1.74 bits per heavy atom. The minimum atomic E-state index is 0.303. The van der Waals surface area contributed by atoms with Gasteiger partial charge in [0.2, 0.25) is 0 Å². The molecular formula is C13H23NO5. The number of aldehydes is 2. The molecular weight excluding hydrogens is 250 g/mol. The first-order valence-corrected chi connectivity index (χ1v) is 5.52. The van der Waals surface area contributed by atoms with Crippen LogP contribution in [0.3, 0.4) is 0 Å². The van der Waals surface area contributed by atoms with Crippen LogP contribution in [0.4, 0.5) is 0 Å². The maximum Gasteiger partial charge on any atom is 0.151 e. The smallest absolute Gasteiger partial charge is 0.151 e. The first-order valence-electron chi connectivity index (χ1n) is 5.52. The highest BCUT2D eigenvalue weighted by molar-refractivity contribution is 5.73. The minimum absolute atomic E-state index is 0.303. The molecule has 0 amide bonds. The van der Waals surface area contributed by atoms with E-state index >= 15 is 0 Å². The van der Waals surface area contributed by atoms with Gasteiger partial charge in [-0.1, -0.05) is 0 Å². The van der Waals surface area contributed by atoms with Crippen molar-refractivity contribution < 1.29 is 23.8 Å². The summed E-state index contributed by atoms with van der Waals surface area (Å²) in [6.07, 6.45) is 4.59. The Balaban J connectivity index is 0. The van der Waals surface area contributed by atoms with Crippen LogP contribution in [-0.4, -0.2) is 66.1 Å². The normalized spacial score (nSPS) is 11.2. The number of carbonyl (C=O) groups is 2. The largest absolute Gasteiger partial charge is 0.504 e. The molecule has 0 saturated carbocycles. The molecule has 0 rings (SSSR count). The van der Waals surface area contributed by atoms with Crippen molar-refractivity contribution in [3.05, 3.63) is 23.6 Å². The van der Waals surface area contributed by atoms with Gasteiger partial charge in [-0.05, 0) is 0 Å². The fourth-order valence-electron chi connectivity index (χ4n) is 1.01. The molecule has 0 aliphatic heterocycles. The highest BCUT2D eigenvalue weighted by atomic mass is 16.5. The van der Waals surface area contributed by atoms with E-state index in [1.165, 1.54) is 20.5 Å². The standard InChI is InChI=1S/C7H13NO2.C6H10O3/c1-8(2)4-7(5-9)6-10-3;1-8-4-6(3-7)5-9-2/h4-5H,6H2,1-3H3;3-4H,5H2,1-2H3/b7-4-;6-4-. The van der Waals surface area contributed by atoms with Gasteiger partial charge >= 0.3 is 0 Å². The van der Waals surface area contributed by atoms with Crippen LogP contribution in [0.1, 0.15) is 0 Å². The van der Waals surface area contributed by atoms with Gasteiger partial charge in [0.25, 0.3) is 0 Å². The Labute approximate surface area is 114 Å². The van der Waals surface area contributed by atoms with E-state index in [9.17, 15) is 9.59 Å². The quantitative estimate of drug-likeness (QED) is 0.367. The van der Waals surface area contributed by atoms with Gasteiger partial charge in [-0.3, -0.25) is 9.59 Å². The summed E-state index contributed by atoms with van der Waals surface area (Å²) in [6.45, 7) is 0.680. The van der Waals surface area contributed by atoms with Crippen LogP contribution in [0.5, 0.6) is 0 Å². The van der Waals surface area contributed by atoms with Gasteiger partial charge in [-0.25, -0.2) is 0 Å². The lowest BCUT2D eigenvalue weighted by atomic mass is 10.3. The first-order chi connectivity index (χ1) is 9.05. The average molecular weight is 273 g/mol. The molecule has 6 nitrogen and oxygen atoms in total. The minimum Gasteiger partial charge on any atom is -0.504 e. The Hall–Kier alpha value is -1.66. The number of nitrogens with zero attached hydrogens (tertiary/aromatic N) is 1. The molecule has 0 aliphatic rings. The molecule has 0 aromatic rings. The summed E-state index contributed by atoms with van der Waals surface area (Å²) in [7, 11) is 8.29. The lowest BCUT2D eigenvalue weighted by Gasteiger charge is -2.05. The predicted molar refractivity (Wildman–Crippen MR) is 72.7 cm³/mol. The highest BCUT2D eigenvalue weighted by Gasteiger charge is 1.92. The molecule has 110 valence electrons. The molecule has 0 aromatic heterocycles. The predicted octanol–water partition coefficient (Wildman–Crippen LogP) is 0.639. The summed E-state index contributed by atoms with van der Waals surface area (Å²) in [5.41, 5.74) is 1.15. The van der Waals surface area contributed by atoms with E-state index in [1.54, 1.807) is 13.3 Å². The molecule has 6 heteroatoms. The summed E-state index contributed by atoms with van der Waals surface area (Å²) < 4.78 is 14.0. The molecule has 0 heterocycles. The summed E-state index contributed by atoms with van der Waals surface area (Å²) in [5, 5.41) is 0. The second-order valence-electron chi connectivity index (χ2n) is 3.70. The van der Waals surface area contributed by atoms with E-state index in [2.05, 4.69) is 9.47 Å². The zero-order valence-electron chi connectivity index (χ0n) is 12.2. The number of methoxy groups -OCH3 is 3. The summed E-state index contributed by atoms with van der Waals surface area (Å²) in [6, 6.07) is 0. The van der Waals surface area contributed by atoms with Crippen molar-refractivity contribution in [3.8, 4) is 0 Å². The SMILES string of the molecule is CO/C=C(/C=O)COC.COC/C(C=O)=C\N(C)C. The van der Waals surface area contributed by atoms with Gasteiger partial charge in [0.1, 0.15) is 6.29 Å². The van der Waals surface area contributed by atoms with E-state index in [0.29, 0.717) is 30.6 Å². The van der Waals surface area contributed by atoms with Crippen molar-refractivity contribution >= 4 is 12.6 Å². The number of hydrogen-bond acceptors (Lipinski definition) is 6. The molecule has 0 aromatic carbocycles. The monoisotopic (exact) mass is 273 g/mol. The molecule has 19 heavy (non-hydrogen) atoms. The molecule has 0 fully saturated rings. The topological polar surface area (TPSA) is 65.1 Å². The van der Waals surface area contributed by atoms with Crippen LogP contribution in [-0.2, 0) is 23.8 Å². The van der Waals surface area contributed by atoms with Crippen LogP contribution in [0, 0.1) is 0 Å². The molecule has 0 aliphatic carbocycles. The molecule has 0 N–H and O–H groups in total. The molecule has 0 bridgehead atoms. The molecule has 0 spiro atoms. The van der Waals surface area contributed by atoms with Gasteiger partial charge < -0.3 is 19.1 Å². The van der Waals surface area contributed by atoms with Crippen LogP contribution < -0.4 is 0 Å². The van der Waals surface area contributed by atoms with Crippen LogP contribution >= 0.6 is 0 Å². The first kappa shape index (κ1) is 19.7. The molecule has 0 atom stereocenters. The van der Waals surface area contributed by atoms with E-state index < -0.39 is 0 Å².